The summed E-state index contributed by atoms with van der Waals surface area (Å²) in [6, 6.07) is 17.3. The molecule has 4 aromatic rings. The molecule has 0 aliphatic carbocycles. The zero-order valence-electron chi connectivity index (χ0n) is 18.3. The maximum Gasteiger partial charge on any atom is 0.262 e. The van der Waals surface area contributed by atoms with Gasteiger partial charge in [0.2, 0.25) is 0 Å². The summed E-state index contributed by atoms with van der Waals surface area (Å²) >= 11 is 12.1. The van der Waals surface area contributed by atoms with E-state index in [2.05, 4.69) is 10.3 Å². The fourth-order valence-electron chi connectivity index (χ4n) is 3.22. The van der Waals surface area contributed by atoms with Crippen molar-refractivity contribution in [2.75, 3.05) is 26.1 Å². The summed E-state index contributed by atoms with van der Waals surface area (Å²) in [5, 5.41) is 4.19. The van der Waals surface area contributed by atoms with Crippen LogP contribution in [0.3, 0.4) is 0 Å². The topological polar surface area (TPSA) is 78.9 Å². The zero-order chi connectivity index (χ0) is 24.1. The van der Waals surface area contributed by atoms with Crippen LogP contribution in [-0.2, 0) is 4.79 Å². The molecule has 1 heterocycles. The van der Waals surface area contributed by atoms with E-state index in [0.717, 1.165) is 5.39 Å². The molecule has 0 bridgehead atoms. The normalized spacial score (nSPS) is 10.6. The van der Waals surface area contributed by atoms with E-state index in [1.54, 1.807) is 75.0 Å². The first kappa shape index (κ1) is 23.5. The van der Waals surface area contributed by atoms with Crippen molar-refractivity contribution >= 4 is 45.7 Å². The Morgan fingerprint density at radius 2 is 1.59 bits per heavy atom. The summed E-state index contributed by atoms with van der Waals surface area (Å²) in [5.41, 5.74) is 1.29. The number of carbonyl (C=O) groups excluding carboxylic acids is 1. The minimum absolute atomic E-state index is 0.240. The van der Waals surface area contributed by atoms with Crippen LogP contribution in [0.1, 0.15) is 0 Å². The van der Waals surface area contributed by atoms with Gasteiger partial charge in [-0.25, -0.2) is 0 Å². The third-order valence-corrected chi connectivity index (χ3v) is 5.43. The number of amides is 1. The van der Waals surface area contributed by atoms with Crippen LogP contribution in [0.5, 0.6) is 28.7 Å². The van der Waals surface area contributed by atoms with Gasteiger partial charge in [0, 0.05) is 23.3 Å². The van der Waals surface area contributed by atoms with E-state index in [0.29, 0.717) is 44.2 Å². The van der Waals surface area contributed by atoms with Crippen molar-refractivity contribution in [3.05, 3.63) is 76.9 Å². The number of pyridine rings is 1. The minimum Gasteiger partial charge on any atom is -0.493 e. The van der Waals surface area contributed by atoms with Crippen LogP contribution in [0.25, 0.3) is 10.9 Å². The monoisotopic (exact) mass is 498 g/mol. The number of nitrogens with zero attached hydrogens (tertiary/aromatic N) is 1. The van der Waals surface area contributed by atoms with Gasteiger partial charge in [-0.1, -0.05) is 29.3 Å². The summed E-state index contributed by atoms with van der Waals surface area (Å²) in [7, 11) is 3.14. The van der Waals surface area contributed by atoms with Crippen molar-refractivity contribution in [1.82, 2.24) is 4.98 Å². The van der Waals surface area contributed by atoms with Gasteiger partial charge in [0.15, 0.2) is 23.9 Å². The molecule has 0 fully saturated rings. The number of aromatic nitrogens is 1. The van der Waals surface area contributed by atoms with Crippen LogP contribution in [-0.4, -0.2) is 31.7 Å². The molecule has 1 amide bonds. The van der Waals surface area contributed by atoms with Crippen LogP contribution >= 0.6 is 23.2 Å². The standard InChI is InChI=1S/C25H20Cl2N2O5/c1-31-22-12-17-20(13-23(22)32-2)28-11-10-21(17)34-16-8-6-15(7-9-16)29-24(30)14-33-25-18(26)4-3-5-19(25)27/h3-13H,14H2,1-2H3,(H,29,30). The van der Waals surface area contributed by atoms with Crippen LogP contribution in [0.15, 0.2) is 66.9 Å². The summed E-state index contributed by atoms with van der Waals surface area (Å²) < 4.78 is 22.2. The fourth-order valence-corrected chi connectivity index (χ4v) is 3.73. The molecule has 1 N–H and O–H groups in total. The van der Waals surface area contributed by atoms with Gasteiger partial charge in [0.1, 0.15) is 11.5 Å². The summed E-state index contributed by atoms with van der Waals surface area (Å²) in [5.74, 6) is 2.26. The molecule has 0 atom stereocenters. The molecule has 1 aromatic heterocycles. The molecule has 0 aliphatic rings. The van der Waals surface area contributed by atoms with Gasteiger partial charge >= 0.3 is 0 Å². The Hall–Kier alpha value is -3.68. The smallest absolute Gasteiger partial charge is 0.262 e. The lowest BCUT2D eigenvalue weighted by atomic mass is 10.2. The molecule has 9 heteroatoms. The highest BCUT2D eigenvalue weighted by atomic mass is 35.5. The molecule has 34 heavy (non-hydrogen) atoms. The first-order valence-corrected chi connectivity index (χ1v) is 10.9. The SMILES string of the molecule is COc1cc2nccc(Oc3ccc(NC(=O)COc4c(Cl)cccc4Cl)cc3)c2cc1OC. The van der Waals surface area contributed by atoms with E-state index in [4.69, 9.17) is 42.1 Å². The molecule has 0 spiro atoms. The molecule has 0 saturated heterocycles. The second-order valence-corrected chi connectivity index (χ2v) is 7.86. The molecular formula is C25H20Cl2N2O5. The van der Waals surface area contributed by atoms with Gasteiger partial charge < -0.3 is 24.3 Å². The van der Waals surface area contributed by atoms with E-state index in [9.17, 15) is 4.79 Å². The summed E-state index contributed by atoms with van der Waals surface area (Å²) in [6.07, 6.45) is 1.66. The molecule has 0 saturated carbocycles. The van der Waals surface area contributed by atoms with Gasteiger partial charge in [-0.2, -0.15) is 0 Å². The van der Waals surface area contributed by atoms with E-state index < -0.39 is 0 Å². The Morgan fingerprint density at radius 3 is 2.26 bits per heavy atom. The number of benzene rings is 3. The van der Waals surface area contributed by atoms with E-state index in [1.807, 2.05) is 6.07 Å². The van der Waals surface area contributed by atoms with Gasteiger partial charge in [0.05, 0.1) is 29.8 Å². The Balaban J connectivity index is 1.43. The lowest BCUT2D eigenvalue weighted by Gasteiger charge is -2.13. The molecular weight excluding hydrogens is 479 g/mol. The number of rotatable bonds is 8. The predicted octanol–water partition coefficient (Wildman–Crippen LogP) is 6.37. The Morgan fingerprint density at radius 1 is 0.912 bits per heavy atom. The Bertz CT molecular complexity index is 1310. The number of hydrogen-bond acceptors (Lipinski definition) is 6. The van der Waals surface area contributed by atoms with Gasteiger partial charge in [-0.3, -0.25) is 9.78 Å². The molecule has 3 aromatic carbocycles. The number of anilines is 1. The van der Waals surface area contributed by atoms with E-state index >= 15 is 0 Å². The number of ether oxygens (including phenoxy) is 4. The van der Waals surface area contributed by atoms with Crippen molar-refractivity contribution in [2.24, 2.45) is 0 Å². The van der Waals surface area contributed by atoms with E-state index in [1.165, 1.54) is 0 Å². The average Bonchev–Trinajstić information content (AvgIpc) is 2.84. The van der Waals surface area contributed by atoms with Crippen molar-refractivity contribution < 1.29 is 23.7 Å². The molecule has 7 nitrogen and oxygen atoms in total. The highest BCUT2D eigenvalue weighted by molar-refractivity contribution is 6.37. The van der Waals surface area contributed by atoms with Gasteiger partial charge in [-0.15, -0.1) is 0 Å². The molecule has 0 radical (unpaired) electrons. The van der Waals surface area contributed by atoms with Crippen molar-refractivity contribution in [1.29, 1.82) is 0 Å². The third kappa shape index (κ3) is 5.27. The van der Waals surface area contributed by atoms with Gasteiger partial charge in [0.25, 0.3) is 5.91 Å². The average molecular weight is 499 g/mol. The van der Waals surface area contributed by atoms with Crippen LogP contribution in [0.2, 0.25) is 10.0 Å². The van der Waals surface area contributed by atoms with Crippen molar-refractivity contribution in [2.45, 2.75) is 0 Å². The first-order valence-electron chi connectivity index (χ1n) is 10.1. The first-order chi connectivity index (χ1) is 16.5. The number of carbonyl (C=O) groups is 1. The number of hydrogen-bond donors (Lipinski definition) is 1. The van der Waals surface area contributed by atoms with Crippen molar-refractivity contribution in [3.8, 4) is 28.7 Å². The van der Waals surface area contributed by atoms with Gasteiger partial charge in [-0.05, 0) is 48.5 Å². The van der Waals surface area contributed by atoms with Crippen LogP contribution in [0.4, 0.5) is 5.69 Å². The molecule has 174 valence electrons. The van der Waals surface area contributed by atoms with Crippen LogP contribution < -0.4 is 24.3 Å². The Labute approximate surface area is 206 Å². The summed E-state index contributed by atoms with van der Waals surface area (Å²) in [4.78, 5) is 16.6. The molecule has 0 unspecified atom stereocenters. The maximum absolute atomic E-state index is 12.3. The Kier molecular flexibility index (Phi) is 7.25. The second kappa shape index (κ2) is 10.5. The largest absolute Gasteiger partial charge is 0.493 e. The summed E-state index contributed by atoms with van der Waals surface area (Å²) in [6.45, 7) is -0.240. The second-order valence-electron chi connectivity index (χ2n) is 7.05. The number of fused-ring (bicyclic) bond motifs is 1. The van der Waals surface area contributed by atoms with E-state index in [-0.39, 0.29) is 18.3 Å². The third-order valence-electron chi connectivity index (χ3n) is 4.84. The lowest BCUT2D eigenvalue weighted by molar-refractivity contribution is -0.118. The predicted molar refractivity (Wildman–Crippen MR) is 132 cm³/mol. The quantitative estimate of drug-likeness (QED) is 0.304. The number of nitrogens with one attached hydrogen (secondary N) is 1. The zero-order valence-corrected chi connectivity index (χ0v) is 19.8. The van der Waals surface area contributed by atoms with Crippen molar-refractivity contribution in [3.63, 3.8) is 0 Å². The van der Waals surface area contributed by atoms with Crippen LogP contribution in [0, 0.1) is 0 Å². The highest BCUT2D eigenvalue weighted by Crippen LogP contribution is 2.37. The lowest BCUT2D eigenvalue weighted by Crippen LogP contribution is -2.20. The maximum atomic E-state index is 12.3. The fraction of sp³-hybridized carbons (Fsp3) is 0.120. The number of methoxy groups -OCH3 is 2. The number of halogens is 2. The molecule has 0 aliphatic heterocycles. The minimum atomic E-state index is -0.356. The molecule has 4 rings (SSSR count). The highest BCUT2D eigenvalue weighted by Gasteiger charge is 2.12. The number of para-hydroxylation sites is 1.